The SMILES string of the molecule is CC[C@]1(O)C[C@H]2CC[C@](C(=O)OC)(c3cc4c(cc3OC)N(C)[C@H]3[C@@](O)(C(=O)OC)[C@H](OC(C)=O)[C@]5(CC)C=CCN6CC[C@]43[C@@H]65)c3[nH]c4ccccc4c3CCN(C2)C1. The van der Waals surface area contributed by atoms with Crippen molar-refractivity contribution in [3.8, 4) is 5.75 Å². The largest absolute Gasteiger partial charge is 0.496 e. The van der Waals surface area contributed by atoms with Crippen molar-refractivity contribution in [2.45, 2.75) is 106 Å². The van der Waals surface area contributed by atoms with Crippen molar-refractivity contribution in [3.05, 3.63) is 70.9 Å². The monoisotopic (exact) mass is 824 g/mol. The highest BCUT2D eigenvalue weighted by molar-refractivity contribution is 5.95. The Kier molecular flexibility index (Phi) is 9.77. The van der Waals surface area contributed by atoms with Crippen LogP contribution in [-0.2, 0) is 45.8 Å². The molecule has 5 aliphatic heterocycles. The fourth-order valence-electron chi connectivity index (χ4n) is 13.6. The summed E-state index contributed by atoms with van der Waals surface area (Å²) in [6.45, 7) is 8.82. The van der Waals surface area contributed by atoms with E-state index >= 15 is 4.79 Å². The summed E-state index contributed by atoms with van der Waals surface area (Å²) in [6, 6.07) is 11.0. The first-order valence-electron chi connectivity index (χ1n) is 21.7. The number of para-hydroxylation sites is 1. The maximum Gasteiger partial charge on any atom is 0.344 e. The molecule has 3 fully saturated rings. The molecular formula is C47H60N4O9. The third kappa shape index (κ3) is 5.34. The van der Waals surface area contributed by atoms with Gasteiger partial charge in [-0.15, -0.1) is 0 Å². The van der Waals surface area contributed by atoms with E-state index in [-0.39, 0.29) is 12.0 Å². The highest BCUT2D eigenvalue weighted by atomic mass is 16.6. The van der Waals surface area contributed by atoms with Crippen LogP contribution >= 0.6 is 0 Å². The van der Waals surface area contributed by atoms with Gasteiger partial charge in [0.2, 0.25) is 5.60 Å². The Hall–Kier alpha value is -4.43. The first kappa shape index (κ1) is 40.9. The molecule has 2 aromatic carbocycles. The lowest BCUT2D eigenvalue weighted by atomic mass is 9.47. The maximum absolute atomic E-state index is 15.3. The van der Waals surface area contributed by atoms with Crippen molar-refractivity contribution < 1.29 is 43.5 Å². The van der Waals surface area contributed by atoms with Gasteiger partial charge in [-0.1, -0.05) is 44.2 Å². The molecule has 10 atom stereocenters. The molecule has 1 unspecified atom stereocenters. The van der Waals surface area contributed by atoms with Crippen LogP contribution in [0.15, 0.2) is 48.6 Å². The number of piperidine rings is 1. The number of methoxy groups -OCH3 is 3. The fourth-order valence-corrected chi connectivity index (χ4v) is 13.6. The number of benzene rings is 2. The third-order valence-electron chi connectivity index (χ3n) is 15.9. The summed E-state index contributed by atoms with van der Waals surface area (Å²) in [6.07, 6.45) is 6.81. The topological polar surface area (TPSA) is 154 Å². The number of esters is 3. The van der Waals surface area contributed by atoms with Gasteiger partial charge < -0.3 is 39.0 Å². The van der Waals surface area contributed by atoms with Crippen LogP contribution in [0, 0.1) is 11.3 Å². The highest BCUT2D eigenvalue weighted by Crippen LogP contribution is 2.68. The van der Waals surface area contributed by atoms with Gasteiger partial charge in [-0.25, -0.2) is 4.79 Å². The number of fused-ring (bicyclic) bond motifs is 6. The average Bonchev–Trinajstić information content (AvgIpc) is 3.90. The molecule has 1 aromatic heterocycles. The number of aliphatic hydroxyl groups is 2. The minimum absolute atomic E-state index is 0.113. The van der Waals surface area contributed by atoms with Gasteiger partial charge in [0.1, 0.15) is 11.2 Å². The van der Waals surface area contributed by atoms with Gasteiger partial charge in [0.25, 0.3) is 0 Å². The number of aromatic nitrogens is 1. The minimum atomic E-state index is -2.30. The smallest absolute Gasteiger partial charge is 0.344 e. The second kappa shape index (κ2) is 14.3. The number of likely N-dealkylation sites (N-methyl/N-ethyl adjacent to an activating group) is 1. The molecule has 9 rings (SSSR count). The Labute approximate surface area is 352 Å². The van der Waals surface area contributed by atoms with Crippen molar-refractivity contribution in [1.29, 1.82) is 0 Å². The Morgan fingerprint density at radius 3 is 2.42 bits per heavy atom. The molecule has 6 heterocycles. The number of carbonyl (C=O) groups is 3. The number of carbonyl (C=O) groups excluding carboxylic acids is 3. The molecule has 2 saturated heterocycles. The zero-order chi connectivity index (χ0) is 42.6. The number of anilines is 1. The number of hydrogen-bond donors (Lipinski definition) is 3. The molecule has 322 valence electrons. The normalized spacial score (nSPS) is 36.8. The number of nitrogens with zero attached hydrogens (tertiary/aromatic N) is 3. The number of ether oxygens (including phenoxy) is 4. The number of H-pyrrole nitrogens is 1. The number of rotatable bonds is 7. The second-order valence-corrected chi connectivity index (χ2v) is 18.5. The summed E-state index contributed by atoms with van der Waals surface area (Å²) in [7, 11) is 6.18. The van der Waals surface area contributed by atoms with Gasteiger partial charge in [-0.3, -0.25) is 19.4 Å². The molecule has 13 nitrogen and oxygen atoms in total. The lowest BCUT2D eigenvalue weighted by Crippen LogP contribution is -2.81. The summed E-state index contributed by atoms with van der Waals surface area (Å²) >= 11 is 0. The molecule has 60 heavy (non-hydrogen) atoms. The third-order valence-corrected chi connectivity index (χ3v) is 15.9. The van der Waals surface area contributed by atoms with Crippen molar-refractivity contribution in [1.82, 2.24) is 14.8 Å². The predicted octanol–water partition coefficient (Wildman–Crippen LogP) is 4.38. The fraction of sp³-hybridized carbons (Fsp3) is 0.596. The molecule has 3 N–H and O–H groups in total. The van der Waals surface area contributed by atoms with E-state index in [1.54, 1.807) is 7.11 Å². The maximum atomic E-state index is 15.3. The van der Waals surface area contributed by atoms with E-state index in [1.807, 2.05) is 50.1 Å². The van der Waals surface area contributed by atoms with E-state index in [9.17, 15) is 19.8 Å². The summed E-state index contributed by atoms with van der Waals surface area (Å²) in [4.78, 5) is 53.2. The molecule has 3 aromatic rings. The molecular weight excluding hydrogens is 765 g/mol. The van der Waals surface area contributed by atoms with Gasteiger partial charge in [0, 0.05) is 90.9 Å². The van der Waals surface area contributed by atoms with E-state index in [2.05, 4.69) is 39.1 Å². The van der Waals surface area contributed by atoms with Gasteiger partial charge in [-0.05, 0) is 80.7 Å². The van der Waals surface area contributed by atoms with Crippen molar-refractivity contribution in [3.63, 3.8) is 0 Å². The highest BCUT2D eigenvalue weighted by Gasteiger charge is 2.80. The summed E-state index contributed by atoms with van der Waals surface area (Å²) in [5, 5.41) is 26.2. The first-order chi connectivity index (χ1) is 28.7. The summed E-state index contributed by atoms with van der Waals surface area (Å²) < 4.78 is 23.9. The lowest BCUT2D eigenvalue weighted by molar-refractivity contribution is -0.228. The standard InChI is InChI=1S/C47H60N4O9/c1-8-43(55)25-29-15-18-45(41(53)58-6,37-31(16-21-50(26-29)27-43)30-13-10-11-14-34(30)48-37)33-23-32-35(24-36(33)57-5)49(4)39-46(32)19-22-51-20-12-17-44(9-2,38(46)51)40(60-28(3)52)47(39,56)42(54)59-7/h10-14,17,23-24,29,38-40,48,55-56H,8-9,15-16,18-22,25-27H2,1-7H3/t29-,38+,39-,40-,43+,44-,45+,46-,47+/m1/s1. The average molecular weight is 825 g/mol. The van der Waals surface area contributed by atoms with E-state index in [0.717, 1.165) is 40.0 Å². The van der Waals surface area contributed by atoms with Crippen LogP contribution in [0.2, 0.25) is 0 Å². The molecule has 2 bridgehead atoms. The molecule has 13 heteroatoms. The van der Waals surface area contributed by atoms with Crippen molar-refractivity contribution >= 4 is 34.5 Å². The Morgan fingerprint density at radius 2 is 1.72 bits per heavy atom. The second-order valence-electron chi connectivity index (χ2n) is 18.5. The molecule has 1 saturated carbocycles. The Balaban J connectivity index is 1.34. The summed E-state index contributed by atoms with van der Waals surface area (Å²) in [5.74, 6) is -1.31. The van der Waals surface area contributed by atoms with Crippen LogP contribution in [0.4, 0.5) is 5.69 Å². The van der Waals surface area contributed by atoms with Crippen molar-refractivity contribution in [2.75, 3.05) is 66.0 Å². The first-order valence-corrected chi connectivity index (χ1v) is 21.7. The Morgan fingerprint density at radius 1 is 0.950 bits per heavy atom. The van der Waals surface area contributed by atoms with Crippen LogP contribution in [-0.4, -0.2) is 133 Å². The van der Waals surface area contributed by atoms with Crippen LogP contribution in [0.1, 0.15) is 81.7 Å². The molecule has 1 aliphatic carbocycles. The summed E-state index contributed by atoms with van der Waals surface area (Å²) in [5.41, 5.74) is -1.42. The van der Waals surface area contributed by atoms with Gasteiger partial charge in [0.05, 0.1) is 33.0 Å². The quantitative estimate of drug-likeness (QED) is 0.176. The van der Waals surface area contributed by atoms with Crippen LogP contribution in [0.5, 0.6) is 5.75 Å². The zero-order valence-electron chi connectivity index (χ0n) is 36.0. The molecule has 6 aliphatic rings. The number of aromatic amines is 1. The van der Waals surface area contributed by atoms with Gasteiger partial charge in [-0.2, -0.15) is 0 Å². The molecule has 0 radical (unpaired) electrons. The van der Waals surface area contributed by atoms with Crippen LogP contribution in [0.3, 0.4) is 0 Å². The van der Waals surface area contributed by atoms with E-state index in [4.69, 9.17) is 18.9 Å². The molecule has 1 spiro atoms. The number of nitrogens with one attached hydrogen (secondary N) is 1. The van der Waals surface area contributed by atoms with E-state index in [1.165, 1.54) is 21.1 Å². The van der Waals surface area contributed by atoms with Crippen LogP contribution in [0.25, 0.3) is 10.9 Å². The minimum Gasteiger partial charge on any atom is -0.496 e. The van der Waals surface area contributed by atoms with Crippen LogP contribution < -0.4 is 9.64 Å². The number of hydrogen-bond acceptors (Lipinski definition) is 12. The lowest BCUT2D eigenvalue weighted by Gasteiger charge is -2.63. The van der Waals surface area contributed by atoms with Crippen molar-refractivity contribution in [2.24, 2.45) is 11.3 Å². The van der Waals surface area contributed by atoms with E-state index < -0.39 is 57.5 Å². The zero-order valence-corrected chi connectivity index (χ0v) is 36.0. The predicted molar refractivity (Wildman–Crippen MR) is 225 cm³/mol. The van der Waals surface area contributed by atoms with Gasteiger partial charge >= 0.3 is 17.9 Å². The van der Waals surface area contributed by atoms with E-state index in [0.29, 0.717) is 82.4 Å². The Bertz CT molecular complexity index is 2270. The molecule has 0 amide bonds. The van der Waals surface area contributed by atoms with Gasteiger partial charge in [0.15, 0.2) is 6.10 Å².